The third-order valence-corrected chi connectivity index (χ3v) is 2.89. The average molecular weight is 273 g/mol. The van der Waals surface area contributed by atoms with E-state index in [1.54, 1.807) is 0 Å². The van der Waals surface area contributed by atoms with Crippen LogP contribution in [-0.2, 0) is 9.53 Å². The highest BCUT2D eigenvalue weighted by molar-refractivity contribution is 6.23. The van der Waals surface area contributed by atoms with E-state index in [0.29, 0.717) is 5.92 Å². The van der Waals surface area contributed by atoms with Crippen molar-refractivity contribution in [1.82, 2.24) is 0 Å². The van der Waals surface area contributed by atoms with E-state index < -0.39 is 0 Å². The molecule has 0 spiro atoms. The third kappa shape index (κ3) is 10.4. The van der Waals surface area contributed by atoms with E-state index in [1.165, 1.54) is 13.2 Å². The molecular weight excluding hydrogens is 248 g/mol. The molecule has 0 aromatic rings. The highest BCUT2D eigenvalue weighted by atomic mass is 35.5. The summed E-state index contributed by atoms with van der Waals surface area (Å²) in [5, 5.41) is 0. The van der Waals surface area contributed by atoms with Crippen LogP contribution in [-0.4, -0.2) is 18.0 Å². The van der Waals surface area contributed by atoms with E-state index in [0.717, 1.165) is 24.8 Å². The number of allylic oxidation sites excluding steroid dienone is 3. The van der Waals surface area contributed by atoms with Gasteiger partial charge < -0.3 is 4.74 Å². The van der Waals surface area contributed by atoms with Gasteiger partial charge in [0.2, 0.25) is 0 Å². The van der Waals surface area contributed by atoms with Crippen LogP contribution in [0.25, 0.3) is 0 Å². The molecule has 0 amide bonds. The molecule has 0 saturated carbocycles. The molecule has 0 aliphatic heterocycles. The number of hydrogen-bond donors (Lipinski definition) is 0. The molecule has 0 aromatic carbocycles. The molecule has 0 fully saturated rings. The molecule has 0 heterocycles. The number of carbonyl (C=O) groups is 1. The van der Waals surface area contributed by atoms with Gasteiger partial charge in [0.1, 0.15) is 0 Å². The summed E-state index contributed by atoms with van der Waals surface area (Å²) in [5.41, 5.74) is 0.909. The van der Waals surface area contributed by atoms with Crippen molar-refractivity contribution in [1.29, 1.82) is 0 Å². The van der Waals surface area contributed by atoms with Crippen molar-refractivity contribution < 1.29 is 9.53 Å². The summed E-state index contributed by atoms with van der Waals surface area (Å²) in [6.45, 7) is 8.19. The second-order valence-electron chi connectivity index (χ2n) is 5.41. The molecule has 0 aliphatic carbocycles. The third-order valence-electron chi connectivity index (χ3n) is 2.70. The minimum Gasteiger partial charge on any atom is -0.466 e. The monoisotopic (exact) mass is 272 g/mol. The summed E-state index contributed by atoms with van der Waals surface area (Å²) in [6, 6.07) is 0. The van der Waals surface area contributed by atoms with Crippen LogP contribution in [0.4, 0.5) is 0 Å². The van der Waals surface area contributed by atoms with Crippen LogP contribution in [0.2, 0.25) is 0 Å². The maximum atomic E-state index is 11.0. The molecule has 0 aromatic heterocycles. The van der Waals surface area contributed by atoms with Gasteiger partial charge in [-0.15, -0.1) is 11.6 Å². The Labute approximate surface area is 116 Å². The summed E-state index contributed by atoms with van der Waals surface area (Å²) >= 11 is 6.16. The number of halogens is 1. The van der Waals surface area contributed by atoms with Crippen LogP contribution in [0.3, 0.4) is 0 Å². The first-order valence-electron chi connectivity index (χ1n) is 6.36. The SMILES string of the molecule is COC(=O)/C=C(C)/C=C/CC(C)CCC(C)(C)Cl. The fourth-order valence-electron chi connectivity index (χ4n) is 1.49. The highest BCUT2D eigenvalue weighted by Gasteiger charge is 2.14. The van der Waals surface area contributed by atoms with Gasteiger partial charge in [-0.25, -0.2) is 4.79 Å². The Morgan fingerprint density at radius 3 is 2.56 bits per heavy atom. The summed E-state index contributed by atoms with van der Waals surface area (Å²) in [4.78, 5) is 10.9. The topological polar surface area (TPSA) is 26.3 Å². The van der Waals surface area contributed by atoms with E-state index in [9.17, 15) is 4.79 Å². The smallest absolute Gasteiger partial charge is 0.330 e. The van der Waals surface area contributed by atoms with E-state index >= 15 is 0 Å². The fraction of sp³-hybridized carbons (Fsp3) is 0.667. The number of esters is 1. The molecule has 3 heteroatoms. The van der Waals surface area contributed by atoms with Crippen molar-refractivity contribution in [3.63, 3.8) is 0 Å². The lowest BCUT2D eigenvalue weighted by molar-refractivity contribution is -0.134. The van der Waals surface area contributed by atoms with E-state index in [-0.39, 0.29) is 10.8 Å². The lowest BCUT2D eigenvalue weighted by atomic mass is 9.96. The second kappa shape index (κ2) is 8.36. The van der Waals surface area contributed by atoms with E-state index in [1.807, 2.05) is 26.8 Å². The van der Waals surface area contributed by atoms with Gasteiger partial charge in [-0.2, -0.15) is 0 Å². The Bertz CT molecular complexity index is 311. The number of rotatable bonds is 7. The zero-order valence-corrected chi connectivity index (χ0v) is 12.9. The minimum atomic E-state index is -0.311. The lowest BCUT2D eigenvalue weighted by Gasteiger charge is -2.17. The molecule has 18 heavy (non-hydrogen) atoms. The first-order chi connectivity index (χ1) is 8.24. The van der Waals surface area contributed by atoms with Crippen LogP contribution >= 0.6 is 11.6 Å². The summed E-state index contributed by atoms with van der Waals surface area (Å²) < 4.78 is 4.56. The standard InChI is InChI=1S/C15H25ClO2/c1-12(9-10-15(3,4)16)7-6-8-13(2)11-14(17)18-5/h6,8,11-12H,7,9-10H2,1-5H3/b8-6+,13-11+. The van der Waals surface area contributed by atoms with Crippen LogP contribution in [0.1, 0.15) is 47.0 Å². The van der Waals surface area contributed by atoms with Gasteiger partial charge in [-0.3, -0.25) is 0 Å². The normalized spacial score (nSPS) is 14.9. The second-order valence-corrected chi connectivity index (χ2v) is 6.44. The van der Waals surface area contributed by atoms with E-state index in [4.69, 9.17) is 11.6 Å². The number of alkyl halides is 1. The predicted octanol–water partition coefficient (Wildman–Crippen LogP) is 4.49. The molecule has 2 nitrogen and oxygen atoms in total. The lowest BCUT2D eigenvalue weighted by Crippen LogP contribution is -2.11. The Balaban J connectivity index is 4.01. The Kier molecular flexibility index (Phi) is 8.01. The number of carbonyl (C=O) groups excluding carboxylic acids is 1. The largest absolute Gasteiger partial charge is 0.466 e. The molecule has 0 saturated heterocycles. The summed E-state index contributed by atoms with van der Waals surface area (Å²) in [7, 11) is 1.38. The van der Waals surface area contributed by atoms with Gasteiger partial charge in [0, 0.05) is 11.0 Å². The van der Waals surface area contributed by atoms with Crippen LogP contribution < -0.4 is 0 Å². The molecule has 0 bridgehead atoms. The van der Waals surface area contributed by atoms with Gasteiger partial charge in [-0.1, -0.05) is 19.1 Å². The maximum absolute atomic E-state index is 11.0. The Morgan fingerprint density at radius 1 is 1.44 bits per heavy atom. The molecule has 1 atom stereocenters. The predicted molar refractivity (Wildman–Crippen MR) is 77.9 cm³/mol. The molecule has 0 N–H and O–H groups in total. The molecule has 0 radical (unpaired) electrons. The molecule has 0 rings (SSSR count). The molecule has 104 valence electrons. The minimum absolute atomic E-state index is 0.112. The molecule has 0 aliphatic rings. The van der Waals surface area contributed by atoms with Crippen molar-refractivity contribution >= 4 is 17.6 Å². The van der Waals surface area contributed by atoms with Crippen LogP contribution in [0, 0.1) is 5.92 Å². The van der Waals surface area contributed by atoms with Gasteiger partial charge in [0.25, 0.3) is 0 Å². The number of hydrogen-bond acceptors (Lipinski definition) is 2. The quantitative estimate of drug-likeness (QED) is 0.295. The number of ether oxygens (including phenoxy) is 1. The number of methoxy groups -OCH3 is 1. The average Bonchev–Trinajstić information content (AvgIpc) is 2.25. The van der Waals surface area contributed by atoms with Gasteiger partial charge >= 0.3 is 5.97 Å². The summed E-state index contributed by atoms with van der Waals surface area (Å²) in [5.74, 6) is 0.291. The van der Waals surface area contributed by atoms with Crippen LogP contribution in [0.15, 0.2) is 23.8 Å². The first-order valence-corrected chi connectivity index (χ1v) is 6.74. The Hall–Kier alpha value is -0.760. The zero-order chi connectivity index (χ0) is 14.2. The maximum Gasteiger partial charge on any atom is 0.330 e. The van der Waals surface area contributed by atoms with Gasteiger partial charge in [0.05, 0.1) is 7.11 Å². The van der Waals surface area contributed by atoms with Crippen molar-refractivity contribution in [2.45, 2.75) is 51.8 Å². The van der Waals surface area contributed by atoms with E-state index in [2.05, 4.69) is 17.7 Å². The van der Waals surface area contributed by atoms with Crippen molar-refractivity contribution in [2.24, 2.45) is 5.92 Å². The van der Waals surface area contributed by atoms with Crippen molar-refractivity contribution in [2.75, 3.05) is 7.11 Å². The van der Waals surface area contributed by atoms with Crippen molar-refractivity contribution in [3.8, 4) is 0 Å². The van der Waals surface area contributed by atoms with Gasteiger partial charge in [-0.05, 0) is 51.5 Å². The zero-order valence-electron chi connectivity index (χ0n) is 12.1. The summed E-state index contributed by atoms with van der Waals surface area (Å²) in [6.07, 6.45) is 8.67. The Morgan fingerprint density at radius 2 is 2.06 bits per heavy atom. The van der Waals surface area contributed by atoms with Gasteiger partial charge in [0.15, 0.2) is 0 Å². The highest BCUT2D eigenvalue weighted by Crippen LogP contribution is 2.23. The molecule has 1 unspecified atom stereocenters. The van der Waals surface area contributed by atoms with Crippen molar-refractivity contribution in [3.05, 3.63) is 23.8 Å². The fourth-order valence-corrected chi connectivity index (χ4v) is 1.60. The van der Waals surface area contributed by atoms with Crippen LogP contribution in [0.5, 0.6) is 0 Å². The molecular formula is C15H25ClO2. The first kappa shape index (κ1) is 17.2.